The molecule has 0 unspecified atom stereocenters. The number of benzene rings is 3. The fraction of sp³-hybridized carbons (Fsp3) is 0.0476. The first-order chi connectivity index (χ1) is 12.6. The number of carboxylic acid groups (broad SMARTS) is 1. The number of carbonyl (C=O) groups is 2. The van der Waals surface area contributed by atoms with Crippen molar-refractivity contribution in [3.05, 3.63) is 95.6 Å². The van der Waals surface area contributed by atoms with Crippen LogP contribution in [0.4, 0.5) is 11.4 Å². The van der Waals surface area contributed by atoms with Crippen LogP contribution in [0.5, 0.6) is 0 Å². The largest absolute Gasteiger partial charge is 0.478 e. The fourth-order valence-corrected chi connectivity index (χ4v) is 2.60. The van der Waals surface area contributed by atoms with Crippen LogP contribution in [0.1, 0.15) is 26.3 Å². The maximum atomic E-state index is 12.7. The second-order valence-corrected chi connectivity index (χ2v) is 5.69. The summed E-state index contributed by atoms with van der Waals surface area (Å²) in [5.41, 5.74) is 2.54. The van der Waals surface area contributed by atoms with Gasteiger partial charge < -0.3 is 15.7 Å². The lowest BCUT2D eigenvalue weighted by molar-refractivity contribution is 0.0698. The van der Waals surface area contributed by atoms with E-state index in [0.29, 0.717) is 17.8 Å². The molecule has 0 aromatic heterocycles. The molecule has 0 aliphatic rings. The van der Waals surface area contributed by atoms with E-state index in [1.54, 1.807) is 30.3 Å². The molecule has 0 aliphatic heterocycles. The molecule has 0 bridgehead atoms. The van der Waals surface area contributed by atoms with Gasteiger partial charge in [-0.25, -0.2) is 4.79 Å². The molecule has 3 aromatic carbocycles. The first-order valence-corrected chi connectivity index (χ1v) is 8.15. The van der Waals surface area contributed by atoms with Crippen molar-refractivity contribution in [2.24, 2.45) is 0 Å². The van der Waals surface area contributed by atoms with E-state index < -0.39 is 5.97 Å². The topological polar surface area (TPSA) is 78.4 Å². The van der Waals surface area contributed by atoms with Crippen LogP contribution in [0.3, 0.4) is 0 Å². The van der Waals surface area contributed by atoms with E-state index in [9.17, 15) is 14.7 Å². The van der Waals surface area contributed by atoms with Crippen molar-refractivity contribution in [2.45, 2.75) is 6.54 Å². The van der Waals surface area contributed by atoms with E-state index >= 15 is 0 Å². The molecule has 1 amide bonds. The van der Waals surface area contributed by atoms with Gasteiger partial charge in [-0.1, -0.05) is 54.6 Å². The summed E-state index contributed by atoms with van der Waals surface area (Å²) in [5.74, 6) is -1.45. The number of carbonyl (C=O) groups excluding carboxylic acids is 1. The summed E-state index contributed by atoms with van der Waals surface area (Å²) >= 11 is 0. The van der Waals surface area contributed by atoms with Gasteiger partial charge in [-0.2, -0.15) is 0 Å². The molecule has 3 N–H and O–H groups in total. The molecule has 3 aromatic rings. The molecule has 0 spiro atoms. The van der Waals surface area contributed by atoms with Gasteiger partial charge in [-0.3, -0.25) is 4.79 Å². The number of carboxylic acids is 1. The molecule has 5 nitrogen and oxygen atoms in total. The third-order valence-corrected chi connectivity index (χ3v) is 3.90. The lowest BCUT2D eigenvalue weighted by Gasteiger charge is -2.13. The first kappa shape index (κ1) is 17.2. The Labute approximate surface area is 151 Å². The molecule has 0 saturated heterocycles. The summed E-state index contributed by atoms with van der Waals surface area (Å²) in [7, 11) is 0. The number of aromatic carboxylic acids is 1. The predicted octanol–water partition coefficient (Wildman–Crippen LogP) is 4.25. The maximum absolute atomic E-state index is 12.7. The van der Waals surface area contributed by atoms with Crippen LogP contribution in [-0.2, 0) is 6.54 Å². The highest BCUT2D eigenvalue weighted by Crippen LogP contribution is 2.20. The Balaban J connectivity index is 1.79. The highest BCUT2D eigenvalue weighted by molar-refractivity contribution is 6.10. The van der Waals surface area contributed by atoms with Gasteiger partial charge in [0.2, 0.25) is 0 Å². The normalized spacial score (nSPS) is 10.2. The van der Waals surface area contributed by atoms with Crippen LogP contribution in [0, 0.1) is 0 Å². The Morgan fingerprint density at radius 2 is 1.31 bits per heavy atom. The molecule has 0 aliphatic carbocycles. The van der Waals surface area contributed by atoms with E-state index in [1.807, 2.05) is 42.5 Å². The third-order valence-electron chi connectivity index (χ3n) is 3.90. The molecule has 0 saturated carbocycles. The number of rotatable bonds is 6. The van der Waals surface area contributed by atoms with Crippen LogP contribution in [0.25, 0.3) is 0 Å². The number of hydrogen-bond donors (Lipinski definition) is 3. The van der Waals surface area contributed by atoms with Crippen molar-refractivity contribution in [3.63, 3.8) is 0 Å². The van der Waals surface area contributed by atoms with Crippen molar-refractivity contribution in [1.82, 2.24) is 0 Å². The van der Waals surface area contributed by atoms with Crippen LogP contribution in [0.2, 0.25) is 0 Å². The Morgan fingerprint density at radius 3 is 2.00 bits per heavy atom. The minimum atomic E-state index is -1.09. The summed E-state index contributed by atoms with van der Waals surface area (Å²) in [6.07, 6.45) is 0. The van der Waals surface area contributed by atoms with Gasteiger partial charge >= 0.3 is 5.97 Å². The van der Waals surface area contributed by atoms with Crippen molar-refractivity contribution < 1.29 is 14.7 Å². The Morgan fingerprint density at radius 1 is 0.731 bits per heavy atom. The number of para-hydroxylation sites is 2. The van der Waals surface area contributed by atoms with Crippen molar-refractivity contribution in [3.8, 4) is 0 Å². The minimum Gasteiger partial charge on any atom is -0.478 e. The summed E-state index contributed by atoms with van der Waals surface area (Å²) in [6, 6.07) is 23.3. The summed E-state index contributed by atoms with van der Waals surface area (Å²) < 4.78 is 0. The van der Waals surface area contributed by atoms with Gasteiger partial charge in [0.25, 0.3) is 5.91 Å². The average molecular weight is 346 g/mol. The highest BCUT2D eigenvalue weighted by Gasteiger charge is 2.15. The lowest BCUT2D eigenvalue weighted by Crippen LogP contribution is -2.16. The maximum Gasteiger partial charge on any atom is 0.337 e. The smallest absolute Gasteiger partial charge is 0.337 e. The van der Waals surface area contributed by atoms with Crippen molar-refractivity contribution in [2.75, 3.05) is 10.6 Å². The monoisotopic (exact) mass is 346 g/mol. The van der Waals surface area contributed by atoms with E-state index in [-0.39, 0.29) is 17.2 Å². The predicted molar refractivity (Wildman–Crippen MR) is 102 cm³/mol. The first-order valence-electron chi connectivity index (χ1n) is 8.15. The zero-order valence-electron chi connectivity index (χ0n) is 14.0. The quantitative estimate of drug-likeness (QED) is 0.623. The van der Waals surface area contributed by atoms with Crippen LogP contribution in [-0.4, -0.2) is 17.0 Å². The van der Waals surface area contributed by atoms with E-state index in [1.165, 1.54) is 6.07 Å². The summed E-state index contributed by atoms with van der Waals surface area (Å²) in [5, 5.41) is 15.2. The number of nitrogens with one attached hydrogen (secondary N) is 2. The lowest BCUT2D eigenvalue weighted by atomic mass is 10.1. The fourth-order valence-electron chi connectivity index (χ4n) is 2.60. The molecule has 0 radical (unpaired) electrons. The molecule has 3 rings (SSSR count). The van der Waals surface area contributed by atoms with Crippen molar-refractivity contribution >= 4 is 23.3 Å². The number of hydrogen-bond acceptors (Lipinski definition) is 3. The van der Waals surface area contributed by atoms with E-state index in [0.717, 1.165) is 5.56 Å². The standard InChI is InChI=1S/C21H18N2O3/c24-20(23-19-13-7-5-11-17(19)21(25)26)16-10-4-6-12-18(16)22-14-15-8-2-1-3-9-15/h1-13,22H,14H2,(H,23,24)(H,25,26). The molecule has 130 valence electrons. The van der Waals surface area contributed by atoms with Gasteiger partial charge in [-0.15, -0.1) is 0 Å². The van der Waals surface area contributed by atoms with Crippen LogP contribution in [0.15, 0.2) is 78.9 Å². The SMILES string of the molecule is O=C(O)c1ccccc1NC(=O)c1ccccc1NCc1ccccc1. The Kier molecular flexibility index (Phi) is 5.29. The second kappa shape index (κ2) is 7.98. The van der Waals surface area contributed by atoms with Gasteiger partial charge in [0.05, 0.1) is 16.8 Å². The third kappa shape index (κ3) is 4.08. The highest BCUT2D eigenvalue weighted by atomic mass is 16.4. The van der Waals surface area contributed by atoms with E-state index in [2.05, 4.69) is 10.6 Å². The van der Waals surface area contributed by atoms with Crippen molar-refractivity contribution in [1.29, 1.82) is 0 Å². The second-order valence-electron chi connectivity index (χ2n) is 5.69. The molecule has 0 atom stereocenters. The number of amides is 1. The molecular formula is C21H18N2O3. The molecule has 5 heteroatoms. The molecular weight excluding hydrogens is 328 g/mol. The average Bonchev–Trinajstić information content (AvgIpc) is 2.67. The summed E-state index contributed by atoms with van der Waals surface area (Å²) in [4.78, 5) is 24.0. The molecule has 0 heterocycles. The van der Waals surface area contributed by atoms with Gasteiger partial charge in [0, 0.05) is 12.2 Å². The number of anilines is 2. The molecule has 26 heavy (non-hydrogen) atoms. The zero-order chi connectivity index (χ0) is 18.4. The zero-order valence-corrected chi connectivity index (χ0v) is 14.0. The summed E-state index contributed by atoms with van der Waals surface area (Å²) in [6.45, 7) is 0.580. The van der Waals surface area contributed by atoms with E-state index in [4.69, 9.17) is 0 Å². The van der Waals surface area contributed by atoms with Crippen LogP contribution >= 0.6 is 0 Å². The Bertz CT molecular complexity index is 923. The minimum absolute atomic E-state index is 0.0515. The Hall–Kier alpha value is -3.60. The van der Waals surface area contributed by atoms with Gasteiger partial charge in [0.15, 0.2) is 0 Å². The van der Waals surface area contributed by atoms with Gasteiger partial charge in [0.1, 0.15) is 0 Å². The van der Waals surface area contributed by atoms with Crippen LogP contribution < -0.4 is 10.6 Å². The van der Waals surface area contributed by atoms with Gasteiger partial charge in [-0.05, 0) is 29.8 Å². The molecule has 0 fully saturated rings.